The first kappa shape index (κ1) is 16.4. The molecule has 2 aliphatic rings. The molecule has 0 saturated carbocycles. The Morgan fingerprint density at radius 1 is 0.467 bits per heavy atom. The summed E-state index contributed by atoms with van der Waals surface area (Å²) in [4.78, 5) is 0. The molecule has 2 heteroatoms. The van der Waals surface area contributed by atoms with Gasteiger partial charge >= 0.3 is 0 Å². The maximum atomic E-state index is 2.65. The molecule has 1 nitrogen and oxygen atoms in total. The average molecular weight is 399 g/mol. The van der Waals surface area contributed by atoms with Crippen molar-refractivity contribution in [3.8, 4) is 22.3 Å². The van der Waals surface area contributed by atoms with Crippen molar-refractivity contribution < 1.29 is 0 Å². The molecule has 0 spiro atoms. The van der Waals surface area contributed by atoms with E-state index in [1.807, 2.05) is 0 Å². The normalized spacial score (nSPS) is 15.6. The zero-order chi connectivity index (χ0) is 19.7. The second kappa shape index (κ2) is 6.05. The summed E-state index contributed by atoms with van der Waals surface area (Å²) in [5.74, 6) is 0. The number of benzene rings is 5. The average Bonchev–Trinajstić information content (AvgIpc) is 2.83. The van der Waals surface area contributed by atoms with Crippen LogP contribution in [0.3, 0.4) is 0 Å². The molecule has 0 aromatic heterocycles. The molecule has 0 bridgehead atoms. The molecule has 0 radical (unpaired) electrons. The number of para-hydroxylation sites is 1. The highest BCUT2D eigenvalue weighted by atomic mass is 31.1. The zero-order valence-electron chi connectivity index (χ0n) is 16.3. The third-order valence-electron chi connectivity index (χ3n) is 6.29. The number of anilines is 2. The largest absolute Gasteiger partial charge is 0.310 e. The smallest absolute Gasteiger partial charge is 0.0611 e. The van der Waals surface area contributed by atoms with Crippen LogP contribution in [0.25, 0.3) is 33.0 Å². The molecule has 2 aliphatic heterocycles. The molecule has 1 atom stereocenters. The van der Waals surface area contributed by atoms with Crippen molar-refractivity contribution in [3.63, 3.8) is 0 Å². The molecule has 5 aromatic carbocycles. The van der Waals surface area contributed by atoms with E-state index in [1.165, 1.54) is 55.0 Å². The first-order valence-corrected chi connectivity index (χ1v) is 11.6. The fraction of sp³-hybridized carbons (Fsp3) is 0. The molecule has 0 saturated heterocycles. The third-order valence-corrected chi connectivity index (χ3v) is 8.80. The number of fused-ring (bicyclic) bond motifs is 13. The Morgan fingerprint density at radius 3 is 1.87 bits per heavy atom. The number of hydrogen-bond acceptors (Lipinski definition) is 1. The summed E-state index contributed by atoms with van der Waals surface area (Å²) in [6.07, 6.45) is 0. The van der Waals surface area contributed by atoms with E-state index >= 15 is 0 Å². The van der Waals surface area contributed by atoms with Crippen molar-refractivity contribution in [2.45, 2.75) is 0 Å². The Kier molecular flexibility index (Phi) is 3.30. The van der Waals surface area contributed by atoms with Crippen molar-refractivity contribution >= 4 is 40.8 Å². The quantitative estimate of drug-likeness (QED) is 0.254. The molecule has 0 N–H and O–H groups in total. The first-order chi connectivity index (χ1) is 14.9. The zero-order valence-corrected chi connectivity index (χ0v) is 17.2. The van der Waals surface area contributed by atoms with E-state index in [4.69, 9.17) is 0 Å². The Hall–Kier alpha value is -3.41. The minimum Gasteiger partial charge on any atom is -0.310 e. The summed E-state index contributed by atoms with van der Waals surface area (Å²) >= 11 is 0. The monoisotopic (exact) mass is 399 g/mol. The topological polar surface area (TPSA) is 3.24 Å². The van der Waals surface area contributed by atoms with E-state index in [1.54, 1.807) is 0 Å². The van der Waals surface area contributed by atoms with Crippen molar-refractivity contribution in [2.75, 3.05) is 4.67 Å². The minimum absolute atomic E-state index is 0.691. The molecule has 2 heterocycles. The van der Waals surface area contributed by atoms with Gasteiger partial charge in [-0.25, -0.2) is 0 Å². The molecular formula is C28H18NP. The molecule has 30 heavy (non-hydrogen) atoms. The Morgan fingerprint density at radius 2 is 1.07 bits per heavy atom. The van der Waals surface area contributed by atoms with Crippen LogP contribution in [-0.2, 0) is 0 Å². The molecule has 140 valence electrons. The second-order valence-electron chi connectivity index (χ2n) is 7.86. The predicted molar refractivity (Wildman–Crippen MR) is 130 cm³/mol. The van der Waals surface area contributed by atoms with Gasteiger partial charge in [0.05, 0.1) is 19.4 Å². The molecular weight excluding hydrogens is 381 g/mol. The van der Waals surface area contributed by atoms with Gasteiger partial charge in [0.2, 0.25) is 0 Å². The van der Waals surface area contributed by atoms with Crippen molar-refractivity contribution in [3.05, 3.63) is 109 Å². The van der Waals surface area contributed by atoms with Gasteiger partial charge < -0.3 is 4.67 Å². The van der Waals surface area contributed by atoms with Crippen LogP contribution in [0, 0.1) is 0 Å². The van der Waals surface area contributed by atoms with E-state index < -0.39 is 8.07 Å². The maximum absolute atomic E-state index is 2.65. The highest BCUT2D eigenvalue weighted by molar-refractivity contribution is 7.75. The summed E-state index contributed by atoms with van der Waals surface area (Å²) in [5, 5.41) is 5.50. The lowest BCUT2D eigenvalue weighted by atomic mass is 9.96. The van der Waals surface area contributed by atoms with Crippen LogP contribution >= 0.6 is 8.07 Å². The standard InChI is InChI=1S/C28H18NP/c1-2-10-20-19(9-1)17-18-24-23-13-5-8-16-27(23)30-26-15-7-4-12-22(26)21-11-3-6-14-25(21)29(30)28(20)24/h1-18H. The lowest BCUT2D eigenvalue weighted by molar-refractivity contribution is 1.40. The van der Waals surface area contributed by atoms with Crippen molar-refractivity contribution in [1.82, 2.24) is 0 Å². The van der Waals surface area contributed by atoms with Gasteiger partial charge in [-0.05, 0) is 22.6 Å². The van der Waals surface area contributed by atoms with Crippen LogP contribution in [0.4, 0.5) is 11.4 Å². The van der Waals surface area contributed by atoms with Crippen molar-refractivity contribution in [2.24, 2.45) is 0 Å². The molecule has 1 unspecified atom stereocenters. The Labute approximate surface area is 177 Å². The number of rotatable bonds is 0. The van der Waals surface area contributed by atoms with Crippen LogP contribution in [0.15, 0.2) is 109 Å². The number of hydrogen-bond donors (Lipinski definition) is 0. The van der Waals surface area contributed by atoms with E-state index in [-0.39, 0.29) is 0 Å². The first-order valence-electron chi connectivity index (χ1n) is 10.3. The molecule has 5 aromatic rings. The van der Waals surface area contributed by atoms with Crippen LogP contribution in [0.1, 0.15) is 0 Å². The van der Waals surface area contributed by atoms with E-state index in [0.29, 0.717) is 0 Å². The summed E-state index contributed by atoms with van der Waals surface area (Å²) in [7, 11) is -0.691. The van der Waals surface area contributed by atoms with Crippen molar-refractivity contribution in [1.29, 1.82) is 0 Å². The van der Waals surface area contributed by atoms with Crippen LogP contribution in [0.2, 0.25) is 0 Å². The van der Waals surface area contributed by atoms with Crippen LogP contribution < -0.4 is 15.3 Å². The summed E-state index contributed by atoms with van der Waals surface area (Å²) in [6, 6.07) is 40.2. The summed E-state index contributed by atoms with van der Waals surface area (Å²) in [5.41, 5.74) is 8.06. The van der Waals surface area contributed by atoms with Gasteiger partial charge in [-0.3, -0.25) is 0 Å². The Balaban J connectivity index is 1.69. The van der Waals surface area contributed by atoms with E-state index in [9.17, 15) is 0 Å². The van der Waals surface area contributed by atoms with Crippen LogP contribution in [-0.4, -0.2) is 0 Å². The molecule has 0 fully saturated rings. The maximum Gasteiger partial charge on any atom is 0.0611 e. The lowest BCUT2D eigenvalue weighted by Crippen LogP contribution is -2.33. The van der Waals surface area contributed by atoms with Gasteiger partial charge in [-0.15, -0.1) is 0 Å². The summed E-state index contributed by atoms with van der Waals surface area (Å²) in [6.45, 7) is 0. The van der Waals surface area contributed by atoms with Gasteiger partial charge in [-0.1, -0.05) is 103 Å². The fourth-order valence-electron chi connectivity index (χ4n) is 5.03. The highest BCUT2D eigenvalue weighted by Gasteiger charge is 2.39. The third kappa shape index (κ3) is 2.06. The summed E-state index contributed by atoms with van der Waals surface area (Å²) < 4.78 is 2.65. The molecule has 7 rings (SSSR count). The SMILES string of the molecule is c1ccc2c(c1)-c1ccccc1P1c3ccccc3-c3ccc4ccccc4c3N21. The van der Waals surface area contributed by atoms with Gasteiger partial charge in [0.1, 0.15) is 0 Å². The van der Waals surface area contributed by atoms with Gasteiger partial charge in [-0.2, -0.15) is 0 Å². The number of nitrogens with zero attached hydrogens (tertiary/aromatic N) is 1. The fourth-order valence-corrected chi connectivity index (χ4v) is 7.83. The Bertz CT molecular complexity index is 1470. The van der Waals surface area contributed by atoms with Gasteiger partial charge in [0.15, 0.2) is 0 Å². The predicted octanol–water partition coefficient (Wildman–Crippen LogP) is 6.99. The minimum atomic E-state index is -0.691. The van der Waals surface area contributed by atoms with Crippen LogP contribution in [0.5, 0.6) is 0 Å². The second-order valence-corrected chi connectivity index (χ2v) is 9.85. The van der Waals surface area contributed by atoms with E-state index in [2.05, 4.69) is 114 Å². The van der Waals surface area contributed by atoms with Gasteiger partial charge in [0, 0.05) is 27.1 Å². The lowest BCUT2D eigenvalue weighted by Gasteiger charge is -2.45. The molecule has 0 aliphatic carbocycles. The molecule has 0 amide bonds. The van der Waals surface area contributed by atoms with Gasteiger partial charge in [0.25, 0.3) is 0 Å². The highest BCUT2D eigenvalue weighted by Crippen LogP contribution is 2.62. The van der Waals surface area contributed by atoms with E-state index in [0.717, 1.165) is 0 Å².